The third kappa shape index (κ3) is 5.46. The molecule has 0 aliphatic heterocycles. The molecule has 0 aliphatic carbocycles. The predicted molar refractivity (Wildman–Crippen MR) is 138 cm³/mol. The molecule has 0 aromatic carbocycles. The molecule has 0 unspecified atom stereocenters. The highest BCUT2D eigenvalue weighted by atomic mass is 127. The SMILES string of the molecule is IC(I)C(I)(I)C(I)(I)C(I)(I)I. The van der Waals surface area contributed by atoms with Crippen molar-refractivity contribution in [1.29, 1.82) is 0 Å². The number of halogens is 9. The van der Waals surface area contributed by atoms with Crippen LogP contribution in [0.3, 0.4) is 0 Å². The van der Waals surface area contributed by atoms with E-state index >= 15 is 0 Å². The molecular weight excluding hydrogens is 1190 g/mol. The molecule has 9 heteroatoms. The van der Waals surface area contributed by atoms with Crippen LogP contribution in [0.1, 0.15) is 0 Å². The normalized spacial score (nSPS) is 15.2. The maximum atomic E-state index is 2.58. The van der Waals surface area contributed by atoms with Crippen molar-refractivity contribution in [3.05, 3.63) is 0 Å². The zero-order valence-corrected chi connectivity index (χ0v) is 24.9. The highest BCUT2D eigenvalue weighted by Crippen LogP contribution is 2.66. The molecular formula is C4HI9. The fourth-order valence-corrected chi connectivity index (χ4v) is 9.45. The summed E-state index contributed by atoms with van der Waals surface area (Å²) in [5, 5.41) is 0. The van der Waals surface area contributed by atoms with Crippen molar-refractivity contribution in [3.63, 3.8) is 0 Å². The van der Waals surface area contributed by atoms with E-state index in [0.29, 0.717) is 1.93 Å². The van der Waals surface area contributed by atoms with Crippen LogP contribution in [0.5, 0.6) is 0 Å². The van der Waals surface area contributed by atoms with E-state index in [-0.39, 0.29) is 2.29 Å². The summed E-state index contributed by atoms with van der Waals surface area (Å²) >= 11 is 22.9. The third-order valence-corrected chi connectivity index (χ3v) is 26.6. The summed E-state index contributed by atoms with van der Waals surface area (Å²) in [6.07, 6.45) is 0. The van der Waals surface area contributed by atoms with Crippen LogP contribution in [0, 0.1) is 0 Å². The van der Waals surface area contributed by atoms with Gasteiger partial charge in [-0.2, -0.15) is 0 Å². The summed E-state index contributed by atoms with van der Waals surface area (Å²) in [4.78, 5) is 0. The Labute approximate surface area is 201 Å². The first kappa shape index (κ1) is 19.6. The van der Waals surface area contributed by atoms with Crippen LogP contribution in [0.25, 0.3) is 0 Å². The molecule has 0 heterocycles. The van der Waals surface area contributed by atoms with Gasteiger partial charge in [-0.15, -0.1) is 0 Å². The summed E-state index contributed by atoms with van der Waals surface area (Å²) in [5.74, 6) is 0. The summed E-state index contributed by atoms with van der Waals surface area (Å²) < 4.78 is 1.29. The van der Waals surface area contributed by atoms with Gasteiger partial charge in [0.2, 0.25) is 0 Å². The van der Waals surface area contributed by atoms with Gasteiger partial charge in [-0.25, -0.2) is 0 Å². The Balaban J connectivity index is 5.04. The summed E-state index contributed by atoms with van der Waals surface area (Å²) in [7, 11) is 0. The van der Waals surface area contributed by atoms with E-state index in [0.717, 1.165) is 0 Å². The van der Waals surface area contributed by atoms with Gasteiger partial charge in [0, 0.05) is 0 Å². The second-order valence-electron chi connectivity index (χ2n) is 2.00. The Morgan fingerprint density at radius 3 is 1.08 bits per heavy atom. The molecule has 0 bridgehead atoms. The summed E-state index contributed by atoms with van der Waals surface area (Å²) in [6.45, 7) is 0. The molecule has 80 valence electrons. The van der Waals surface area contributed by atoms with E-state index in [4.69, 9.17) is 0 Å². The Morgan fingerprint density at radius 2 is 1.00 bits per heavy atom. The zero-order valence-electron chi connectivity index (χ0n) is 5.48. The topological polar surface area (TPSA) is 0 Å². The lowest BCUT2D eigenvalue weighted by molar-refractivity contribution is 0.950. The first-order valence-corrected chi connectivity index (χ1v) is 12.6. The quantitative estimate of drug-likeness (QED) is 0.206. The molecule has 0 atom stereocenters. The minimum Gasteiger partial charge on any atom is -0.0686 e. The highest BCUT2D eigenvalue weighted by Gasteiger charge is 2.58. The fourth-order valence-electron chi connectivity index (χ4n) is 0.326. The maximum Gasteiger partial charge on any atom is 0.149 e. The number of rotatable bonds is 3. The van der Waals surface area contributed by atoms with Gasteiger partial charge < -0.3 is 0 Å². The lowest BCUT2D eigenvalue weighted by Gasteiger charge is -2.41. The summed E-state index contributed by atoms with van der Waals surface area (Å²) in [6, 6.07) is 0. The van der Waals surface area contributed by atoms with Gasteiger partial charge in [0.25, 0.3) is 0 Å². The maximum absolute atomic E-state index is 2.58. The minimum absolute atomic E-state index is 0.214. The fraction of sp³-hybridized carbons (Fsp3) is 1.00. The number of hydrogen-bond donors (Lipinski definition) is 0. The van der Waals surface area contributed by atoms with Gasteiger partial charge in [-0.05, 0) is 0 Å². The molecule has 0 amide bonds. The van der Waals surface area contributed by atoms with Gasteiger partial charge in [-0.3, -0.25) is 0 Å². The van der Waals surface area contributed by atoms with E-state index in [2.05, 4.69) is 203 Å². The van der Waals surface area contributed by atoms with Gasteiger partial charge in [0.1, 0.15) is 2.29 Å². The van der Waals surface area contributed by atoms with Gasteiger partial charge in [0.15, 0.2) is 0 Å². The van der Waals surface area contributed by atoms with Crippen molar-refractivity contribution >= 4 is 203 Å². The molecule has 13 heavy (non-hydrogen) atoms. The van der Waals surface area contributed by atoms with E-state index in [1.807, 2.05) is 0 Å². The first-order chi connectivity index (χ1) is 5.44. The average molecular weight is 1190 g/mol. The molecule has 0 rings (SSSR count). The standard InChI is InChI=1S/C4HI9/c5-1(6)2(7,8)3(9,10)4(11,12)13/h1H. The molecule has 0 aliphatic rings. The van der Waals surface area contributed by atoms with Crippen LogP contribution in [-0.2, 0) is 0 Å². The lowest BCUT2D eigenvalue weighted by Crippen LogP contribution is -2.47. The molecule has 0 aromatic rings. The predicted octanol–water partition coefficient (Wildman–Crippen LogP) is 7.27. The molecule has 0 nitrogen and oxygen atoms in total. The van der Waals surface area contributed by atoms with E-state index < -0.39 is 0 Å². The van der Waals surface area contributed by atoms with Crippen LogP contribution in [-0.4, -0.2) is 4.22 Å². The average Bonchev–Trinajstić information content (AvgIpc) is 1.84. The van der Waals surface area contributed by atoms with Crippen molar-refractivity contribution < 1.29 is 0 Å². The lowest BCUT2D eigenvalue weighted by atomic mass is 10.4. The van der Waals surface area contributed by atoms with Gasteiger partial charge in [-0.1, -0.05) is 203 Å². The van der Waals surface area contributed by atoms with E-state index in [9.17, 15) is 0 Å². The van der Waals surface area contributed by atoms with Crippen LogP contribution in [0.15, 0.2) is 0 Å². The number of hydrogen-bond acceptors (Lipinski definition) is 0. The molecule has 0 saturated carbocycles. The van der Waals surface area contributed by atoms with Crippen molar-refractivity contribution in [2.75, 3.05) is 0 Å². The second kappa shape index (κ2) is 7.54. The van der Waals surface area contributed by atoms with Crippen LogP contribution >= 0.6 is 203 Å². The Morgan fingerprint density at radius 1 is 0.692 bits per heavy atom. The Hall–Kier alpha value is 6.57. The molecule has 0 fully saturated rings. The molecule has 0 N–H and O–H groups in total. The van der Waals surface area contributed by atoms with Crippen LogP contribution in [0.2, 0.25) is 0 Å². The largest absolute Gasteiger partial charge is 0.149 e. The number of alkyl halides is 9. The van der Waals surface area contributed by atoms with Crippen molar-refractivity contribution in [2.24, 2.45) is 0 Å². The van der Waals surface area contributed by atoms with Gasteiger partial charge >= 0.3 is 0 Å². The van der Waals surface area contributed by atoms with Gasteiger partial charge in [0.05, 0.1) is 1.93 Å². The highest BCUT2D eigenvalue weighted by molar-refractivity contribution is 14.3. The zero-order chi connectivity index (χ0) is 11.1. The Kier molecular flexibility index (Phi) is 11.4. The second-order valence-corrected chi connectivity index (χ2v) is 28.7. The molecule has 0 spiro atoms. The minimum atomic E-state index is 0.214. The first-order valence-electron chi connectivity index (χ1n) is 2.55. The van der Waals surface area contributed by atoms with E-state index in [1.165, 1.54) is 0 Å². The third-order valence-electron chi connectivity index (χ3n) is 1.05. The van der Waals surface area contributed by atoms with Crippen LogP contribution < -0.4 is 0 Å². The van der Waals surface area contributed by atoms with Crippen molar-refractivity contribution in [1.82, 2.24) is 0 Å². The molecule has 0 aromatic heterocycles. The molecule has 0 saturated heterocycles. The Bertz CT molecular complexity index is 177. The smallest absolute Gasteiger partial charge is 0.0686 e. The molecule has 0 radical (unpaired) electrons. The van der Waals surface area contributed by atoms with E-state index in [1.54, 1.807) is 0 Å². The van der Waals surface area contributed by atoms with Crippen LogP contribution in [0.4, 0.5) is 0 Å². The summed E-state index contributed by atoms with van der Waals surface area (Å²) in [5.41, 5.74) is 0. The van der Waals surface area contributed by atoms with Crippen molar-refractivity contribution in [2.45, 2.75) is 4.22 Å². The monoisotopic (exact) mass is 1190 g/mol. The van der Waals surface area contributed by atoms with Crippen molar-refractivity contribution in [3.8, 4) is 0 Å².